The van der Waals surface area contributed by atoms with Gasteiger partial charge in [0.15, 0.2) is 0 Å². The van der Waals surface area contributed by atoms with Gasteiger partial charge in [-0.25, -0.2) is 4.98 Å². The highest BCUT2D eigenvalue weighted by Gasteiger charge is 2.11. The summed E-state index contributed by atoms with van der Waals surface area (Å²) in [5.74, 6) is 0. The van der Waals surface area contributed by atoms with Crippen LogP contribution in [0.4, 0.5) is 0 Å². The van der Waals surface area contributed by atoms with Gasteiger partial charge in [-0.05, 0) is 27.2 Å². The molecule has 0 saturated heterocycles. The predicted octanol–water partition coefficient (Wildman–Crippen LogP) is 4.07. The number of hydrogen-bond acceptors (Lipinski definition) is 3. The first-order valence-corrected chi connectivity index (χ1v) is 7.13. The Labute approximate surface area is 103 Å². The average Bonchev–Trinajstić information content (AvgIpc) is 2.65. The molecule has 92 valence electrons. The van der Waals surface area contributed by atoms with E-state index in [0.717, 1.165) is 0 Å². The molecule has 0 aliphatic heterocycles. The van der Waals surface area contributed by atoms with Crippen LogP contribution in [-0.4, -0.2) is 11.0 Å². The fraction of sp³-hybridized carbons (Fsp3) is 0.769. The Hall–Kier alpha value is -0.410. The van der Waals surface area contributed by atoms with E-state index in [1.165, 1.54) is 35.6 Å². The van der Waals surface area contributed by atoms with Crippen molar-refractivity contribution in [3.05, 3.63) is 16.1 Å². The number of nitrogens with one attached hydrogen (secondary N) is 1. The van der Waals surface area contributed by atoms with Gasteiger partial charge >= 0.3 is 0 Å². The fourth-order valence-corrected chi connectivity index (χ4v) is 2.64. The Bertz CT molecular complexity index is 296. The molecule has 1 aromatic rings. The maximum atomic E-state index is 4.42. The largest absolute Gasteiger partial charge is 0.306 e. The van der Waals surface area contributed by atoms with Gasteiger partial charge in [0.05, 0.1) is 6.04 Å². The maximum absolute atomic E-state index is 4.42. The Morgan fingerprint density at radius 1 is 1.38 bits per heavy atom. The van der Waals surface area contributed by atoms with E-state index in [1.807, 2.05) is 6.20 Å². The molecular formula is C13H24N2S. The lowest BCUT2D eigenvalue weighted by molar-refractivity contribution is 0.439. The van der Waals surface area contributed by atoms with Crippen molar-refractivity contribution >= 4 is 11.3 Å². The van der Waals surface area contributed by atoms with Crippen LogP contribution in [0.5, 0.6) is 0 Å². The van der Waals surface area contributed by atoms with Crippen molar-refractivity contribution in [3.63, 3.8) is 0 Å². The van der Waals surface area contributed by atoms with E-state index >= 15 is 0 Å². The van der Waals surface area contributed by atoms with Crippen LogP contribution in [0.1, 0.15) is 62.4 Å². The summed E-state index contributed by atoms with van der Waals surface area (Å²) in [6.45, 7) is 8.83. The summed E-state index contributed by atoms with van der Waals surface area (Å²) >= 11 is 1.79. The van der Waals surface area contributed by atoms with E-state index in [2.05, 4.69) is 38.0 Å². The quantitative estimate of drug-likeness (QED) is 0.727. The van der Waals surface area contributed by atoms with E-state index in [4.69, 9.17) is 0 Å². The van der Waals surface area contributed by atoms with Crippen LogP contribution in [-0.2, 0) is 0 Å². The van der Waals surface area contributed by atoms with Gasteiger partial charge < -0.3 is 5.32 Å². The SMILES string of the molecule is CCCCCC(C)NC(C)c1ncc(C)s1. The lowest BCUT2D eigenvalue weighted by Crippen LogP contribution is -2.28. The van der Waals surface area contributed by atoms with Gasteiger partial charge in [0.1, 0.15) is 5.01 Å². The topological polar surface area (TPSA) is 24.9 Å². The summed E-state index contributed by atoms with van der Waals surface area (Å²) in [4.78, 5) is 5.72. The van der Waals surface area contributed by atoms with Crippen molar-refractivity contribution in [1.29, 1.82) is 0 Å². The van der Waals surface area contributed by atoms with Crippen molar-refractivity contribution in [3.8, 4) is 0 Å². The Morgan fingerprint density at radius 3 is 2.69 bits per heavy atom. The standard InChI is InChI=1S/C13H24N2S/c1-5-6-7-8-10(2)15-12(4)13-14-9-11(3)16-13/h9-10,12,15H,5-8H2,1-4H3. The highest BCUT2D eigenvalue weighted by molar-refractivity contribution is 7.11. The zero-order chi connectivity index (χ0) is 12.0. The molecule has 2 nitrogen and oxygen atoms in total. The number of thiazole rings is 1. The van der Waals surface area contributed by atoms with Crippen LogP contribution in [0.2, 0.25) is 0 Å². The van der Waals surface area contributed by atoms with Gasteiger partial charge in [-0.15, -0.1) is 11.3 Å². The molecule has 1 rings (SSSR count). The number of nitrogens with zero attached hydrogens (tertiary/aromatic N) is 1. The Morgan fingerprint density at radius 2 is 2.12 bits per heavy atom. The first kappa shape index (κ1) is 13.7. The lowest BCUT2D eigenvalue weighted by atomic mass is 10.1. The summed E-state index contributed by atoms with van der Waals surface area (Å²) in [5, 5.41) is 4.82. The summed E-state index contributed by atoms with van der Waals surface area (Å²) in [6, 6.07) is 0.973. The van der Waals surface area contributed by atoms with Crippen LogP contribution in [0.15, 0.2) is 6.20 Å². The molecule has 1 aromatic heterocycles. The third-order valence-corrected chi connectivity index (χ3v) is 3.88. The minimum absolute atomic E-state index is 0.385. The number of aryl methyl sites for hydroxylation is 1. The first-order valence-electron chi connectivity index (χ1n) is 6.31. The van der Waals surface area contributed by atoms with Crippen molar-refractivity contribution in [2.24, 2.45) is 0 Å². The number of hydrogen-bond donors (Lipinski definition) is 1. The zero-order valence-electron chi connectivity index (χ0n) is 10.9. The monoisotopic (exact) mass is 240 g/mol. The van der Waals surface area contributed by atoms with Crippen LogP contribution < -0.4 is 5.32 Å². The molecule has 2 atom stereocenters. The van der Waals surface area contributed by atoms with Gasteiger partial charge in [-0.1, -0.05) is 26.2 Å². The molecule has 0 aliphatic rings. The second-order valence-electron chi connectivity index (χ2n) is 4.59. The van der Waals surface area contributed by atoms with E-state index in [9.17, 15) is 0 Å². The molecule has 0 fully saturated rings. The summed E-state index contributed by atoms with van der Waals surface area (Å²) in [5.41, 5.74) is 0. The fourth-order valence-electron chi connectivity index (χ4n) is 1.85. The number of aromatic nitrogens is 1. The maximum Gasteiger partial charge on any atom is 0.109 e. The molecule has 3 heteroatoms. The van der Waals surface area contributed by atoms with Crippen LogP contribution >= 0.6 is 11.3 Å². The van der Waals surface area contributed by atoms with E-state index in [0.29, 0.717) is 12.1 Å². The third kappa shape index (κ3) is 4.62. The summed E-state index contributed by atoms with van der Waals surface area (Å²) < 4.78 is 0. The van der Waals surface area contributed by atoms with E-state index in [-0.39, 0.29) is 0 Å². The molecule has 0 amide bonds. The van der Waals surface area contributed by atoms with E-state index < -0.39 is 0 Å². The molecule has 0 aromatic carbocycles. The van der Waals surface area contributed by atoms with Crippen molar-refractivity contribution in [2.45, 2.75) is 65.5 Å². The third-order valence-electron chi connectivity index (χ3n) is 2.78. The molecule has 0 saturated carbocycles. The molecule has 2 unspecified atom stereocenters. The molecule has 16 heavy (non-hydrogen) atoms. The van der Waals surface area contributed by atoms with Gasteiger partial charge in [0.25, 0.3) is 0 Å². The lowest BCUT2D eigenvalue weighted by Gasteiger charge is -2.18. The van der Waals surface area contributed by atoms with Crippen molar-refractivity contribution < 1.29 is 0 Å². The molecule has 1 heterocycles. The average molecular weight is 240 g/mol. The zero-order valence-corrected chi connectivity index (χ0v) is 11.7. The van der Waals surface area contributed by atoms with Crippen molar-refractivity contribution in [2.75, 3.05) is 0 Å². The molecule has 0 aliphatic carbocycles. The van der Waals surface area contributed by atoms with Crippen LogP contribution in [0.25, 0.3) is 0 Å². The Kier molecular flexibility index (Phi) is 5.99. The molecule has 0 spiro atoms. The minimum Gasteiger partial charge on any atom is -0.306 e. The second-order valence-corrected chi connectivity index (χ2v) is 5.86. The van der Waals surface area contributed by atoms with Gasteiger partial charge in [-0.2, -0.15) is 0 Å². The van der Waals surface area contributed by atoms with Gasteiger partial charge in [0.2, 0.25) is 0 Å². The van der Waals surface area contributed by atoms with Crippen molar-refractivity contribution in [1.82, 2.24) is 10.3 Å². The first-order chi connectivity index (χ1) is 7.63. The molecule has 0 bridgehead atoms. The molecule has 0 radical (unpaired) electrons. The number of rotatable bonds is 7. The molecule has 1 N–H and O–H groups in total. The van der Waals surface area contributed by atoms with Crippen LogP contribution in [0, 0.1) is 6.92 Å². The normalized spacial score (nSPS) is 15.0. The number of unbranched alkanes of at least 4 members (excludes halogenated alkanes) is 2. The van der Waals surface area contributed by atoms with Crippen LogP contribution in [0.3, 0.4) is 0 Å². The molecular weight excluding hydrogens is 216 g/mol. The highest BCUT2D eigenvalue weighted by atomic mass is 32.1. The van der Waals surface area contributed by atoms with E-state index in [1.54, 1.807) is 11.3 Å². The summed E-state index contributed by atoms with van der Waals surface area (Å²) in [7, 11) is 0. The smallest absolute Gasteiger partial charge is 0.109 e. The van der Waals surface area contributed by atoms with Gasteiger partial charge in [0, 0.05) is 17.1 Å². The highest BCUT2D eigenvalue weighted by Crippen LogP contribution is 2.19. The Balaban J connectivity index is 2.30. The second kappa shape index (κ2) is 7.02. The summed E-state index contributed by atoms with van der Waals surface area (Å²) in [6.07, 6.45) is 7.20. The predicted molar refractivity (Wildman–Crippen MR) is 72.0 cm³/mol. The minimum atomic E-state index is 0.385. The van der Waals surface area contributed by atoms with Gasteiger partial charge in [-0.3, -0.25) is 0 Å².